The number of likely N-dealkylation sites (N-methyl/N-ethyl adjacent to an activating group) is 1. The normalized spacial score (nSPS) is 17.2. The molecule has 0 radical (unpaired) electrons. The van der Waals surface area contributed by atoms with Crippen LogP contribution in [0.25, 0.3) is 10.9 Å². The molecule has 172 valence electrons. The number of aryl methyl sites for hydroxylation is 2. The molecule has 8 heteroatoms. The molecule has 0 amide bonds. The van der Waals surface area contributed by atoms with Gasteiger partial charge in [0.1, 0.15) is 6.04 Å². The van der Waals surface area contributed by atoms with Crippen molar-refractivity contribution in [3.05, 3.63) is 51.1 Å². The van der Waals surface area contributed by atoms with Crippen LogP contribution < -0.4 is 5.56 Å². The van der Waals surface area contributed by atoms with Crippen LogP contribution in [-0.4, -0.2) is 67.7 Å². The van der Waals surface area contributed by atoms with Crippen molar-refractivity contribution in [2.24, 2.45) is 0 Å². The number of benzene rings is 1. The lowest BCUT2D eigenvalue weighted by atomic mass is 9.97. The van der Waals surface area contributed by atoms with Crippen molar-refractivity contribution < 1.29 is 0 Å². The first kappa shape index (κ1) is 22.6. The van der Waals surface area contributed by atoms with Crippen molar-refractivity contribution in [3.8, 4) is 0 Å². The van der Waals surface area contributed by atoms with E-state index in [1.54, 1.807) is 0 Å². The van der Waals surface area contributed by atoms with Gasteiger partial charge in [-0.25, -0.2) is 4.68 Å². The summed E-state index contributed by atoms with van der Waals surface area (Å²) in [7, 11) is 0. The van der Waals surface area contributed by atoms with Gasteiger partial charge in [-0.05, 0) is 68.3 Å². The SMILES string of the molecule is CCN1CCN(C(c2cc3c(C)ccc(C)c3[nH]c2=O)c2nnnn2C(C)(C)CC)CC1. The number of nitrogens with zero attached hydrogens (tertiary/aromatic N) is 6. The van der Waals surface area contributed by atoms with Crippen LogP contribution in [0.1, 0.15) is 62.7 Å². The highest BCUT2D eigenvalue weighted by atomic mass is 16.1. The number of H-pyrrole nitrogens is 1. The third kappa shape index (κ3) is 3.97. The standard InChI is InChI=1S/C24H35N7O/c1-7-24(5,6)31-22(26-27-28-31)21(30-13-11-29(8-2)12-14-30)19-15-18-16(3)9-10-17(4)20(18)25-23(19)32/h9-10,15,21H,7-8,11-14H2,1-6H3,(H,25,32). The number of aromatic nitrogens is 5. The molecule has 3 heterocycles. The summed E-state index contributed by atoms with van der Waals surface area (Å²) in [5, 5.41) is 14.0. The summed E-state index contributed by atoms with van der Waals surface area (Å²) in [5.74, 6) is 0.733. The zero-order chi connectivity index (χ0) is 23.0. The number of piperazine rings is 1. The van der Waals surface area contributed by atoms with Gasteiger partial charge < -0.3 is 9.88 Å². The van der Waals surface area contributed by atoms with Gasteiger partial charge in [0.15, 0.2) is 5.82 Å². The summed E-state index contributed by atoms with van der Waals surface area (Å²) in [6, 6.07) is 5.92. The zero-order valence-electron chi connectivity index (χ0n) is 20.1. The Morgan fingerprint density at radius 3 is 2.44 bits per heavy atom. The number of hydrogen-bond donors (Lipinski definition) is 1. The van der Waals surface area contributed by atoms with Crippen molar-refractivity contribution in [1.29, 1.82) is 0 Å². The Balaban J connectivity index is 1.90. The van der Waals surface area contributed by atoms with Gasteiger partial charge in [-0.3, -0.25) is 9.69 Å². The van der Waals surface area contributed by atoms with Gasteiger partial charge in [-0.15, -0.1) is 5.10 Å². The quantitative estimate of drug-likeness (QED) is 0.638. The molecule has 1 unspecified atom stereocenters. The molecule has 3 aromatic rings. The maximum Gasteiger partial charge on any atom is 0.253 e. The number of tetrazole rings is 1. The van der Waals surface area contributed by atoms with E-state index >= 15 is 0 Å². The third-order valence-corrected chi connectivity index (χ3v) is 7.16. The van der Waals surface area contributed by atoms with Crippen molar-refractivity contribution in [2.75, 3.05) is 32.7 Å². The molecule has 1 aliphatic heterocycles. The fraction of sp³-hybridized carbons (Fsp3) is 0.583. The Kier molecular flexibility index (Phi) is 6.18. The van der Waals surface area contributed by atoms with Crippen LogP contribution in [-0.2, 0) is 5.54 Å². The van der Waals surface area contributed by atoms with Crippen molar-refractivity contribution >= 4 is 10.9 Å². The average molecular weight is 438 g/mol. The molecule has 1 fully saturated rings. The second-order valence-electron chi connectivity index (χ2n) is 9.53. The Labute approximate surface area is 189 Å². The van der Waals surface area contributed by atoms with Crippen molar-refractivity contribution in [2.45, 2.75) is 59.5 Å². The van der Waals surface area contributed by atoms with Gasteiger partial charge in [0.25, 0.3) is 5.56 Å². The van der Waals surface area contributed by atoms with E-state index in [9.17, 15) is 4.79 Å². The van der Waals surface area contributed by atoms with E-state index in [2.05, 4.69) is 83.1 Å². The Morgan fingerprint density at radius 1 is 1.09 bits per heavy atom. The first-order chi connectivity index (χ1) is 15.3. The fourth-order valence-electron chi connectivity index (χ4n) is 4.58. The minimum atomic E-state index is -0.303. The monoisotopic (exact) mass is 437 g/mol. The van der Waals surface area contributed by atoms with Gasteiger partial charge in [-0.2, -0.15) is 0 Å². The lowest BCUT2D eigenvalue weighted by Crippen LogP contribution is -2.49. The first-order valence-corrected chi connectivity index (χ1v) is 11.6. The van der Waals surface area contributed by atoms with E-state index in [1.807, 2.05) is 11.6 Å². The second-order valence-corrected chi connectivity index (χ2v) is 9.53. The van der Waals surface area contributed by atoms with Crippen LogP contribution in [0.5, 0.6) is 0 Å². The number of hydrogen-bond acceptors (Lipinski definition) is 6. The smallest absolute Gasteiger partial charge is 0.253 e. The van der Waals surface area contributed by atoms with Crippen molar-refractivity contribution in [1.82, 2.24) is 35.0 Å². The maximum atomic E-state index is 13.5. The summed E-state index contributed by atoms with van der Waals surface area (Å²) >= 11 is 0. The van der Waals surface area contributed by atoms with Crippen LogP contribution in [0.15, 0.2) is 23.0 Å². The maximum absolute atomic E-state index is 13.5. The average Bonchev–Trinajstić information content (AvgIpc) is 3.28. The molecule has 8 nitrogen and oxygen atoms in total. The number of rotatable bonds is 6. The molecule has 0 aliphatic carbocycles. The molecular weight excluding hydrogens is 402 g/mol. The van der Waals surface area contributed by atoms with E-state index in [0.29, 0.717) is 5.56 Å². The molecular formula is C24H35N7O. The number of aromatic amines is 1. The Morgan fingerprint density at radius 2 is 1.78 bits per heavy atom. The van der Waals surface area contributed by atoms with E-state index in [0.717, 1.165) is 67.0 Å². The van der Waals surface area contributed by atoms with E-state index in [4.69, 9.17) is 0 Å². The minimum Gasteiger partial charge on any atom is -0.321 e. The molecule has 0 bridgehead atoms. The largest absolute Gasteiger partial charge is 0.321 e. The van der Waals surface area contributed by atoms with Gasteiger partial charge in [-0.1, -0.05) is 26.0 Å². The van der Waals surface area contributed by atoms with Gasteiger partial charge in [0.05, 0.1) is 11.1 Å². The lowest BCUT2D eigenvalue weighted by Gasteiger charge is -2.39. The number of fused-ring (bicyclic) bond motifs is 1. The highest BCUT2D eigenvalue weighted by molar-refractivity contribution is 5.85. The fourth-order valence-corrected chi connectivity index (χ4v) is 4.58. The number of nitrogens with one attached hydrogen (secondary N) is 1. The van der Waals surface area contributed by atoms with Gasteiger partial charge >= 0.3 is 0 Å². The predicted octanol–water partition coefficient (Wildman–Crippen LogP) is 3.00. The summed E-state index contributed by atoms with van der Waals surface area (Å²) in [4.78, 5) is 21.4. The van der Waals surface area contributed by atoms with Crippen LogP contribution in [0.3, 0.4) is 0 Å². The van der Waals surface area contributed by atoms with Crippen molar-refractivity contribution in [3.63, 3.8) is 0 Å². The summed E-state index contributed by atoms with van der Waals surface area (Å²) < 4.78 is 1.91. The molecule has 1 aliphatic rings. The van der Waals surface area contributed by atoms with E-state index in [1.165, 1.54) is 0 Å². The molecule has 32 heavy (non-hydrogen) atoms. The molecule has 1 atom stereocenters. The topological polar surface area (TPSA) is 82.9 Å². The van der Waals surface area contributed by atoms with E-state index in [-0.39, 0.29) is 17.1 Å². The lowest BCUT2D eigenvalue weighted by molar-refractivity contribution is 0.105. The molecule has 2 aromatic heterocycles. The molecule has 4 rings (SSSR count). The molecule has 1 saturated heterocycles. The second kappa shape index (κ2) is 8.75. The van der Waals surface area contributed by atoms with E-state index < -0.39 is 0 Å². The summed E-state index contributed by atoms with van der Waals surface area (Å²) in [5.41, 5.74) is 3.50. The highest BCUT2D eigenvalue weighted by Gasteiger charge is 2.35. The summed E-state index contributed by atoms with van der Waals surface area (Å²) in [6.45, 7) is 17.4. The Bertz CT molecular complexity index is 1150. The summed E-state index contributed by atoms with van der Waals surface area (Å²) in [6.07, 6.45) is 0.883. The predicted molar refractivity (Wildman–Crippen MR) is 127 cm³/mol. The van der Waals surface area contributed by atoms with Gasteiger partial charge in [0.2, 0.25) is 0 Å². The molecule has 0 saturated carbocycles. The van der Waals surface area contributed by atoms with Gasteiger partial charge in [0, 0.05) is 37.1 Å². The van der Waals surface area contributed by atoms with Crippen LogP contribution >= 0.6 is 0 Å². The minimum absolute atomic E-state index is 0.0713. The Hall–Kier alpha value is -2.58. The van der Waals surface area contributed by atoms with Crippen LogP contribution in [0, 0.1) is 13.8 Å². The molecule has 0 spiro atoms. The number of pyridine rings is 1. The first-order valence-electron chi connectivity index (χ1n) is 11.6. The van der Waals surface area contributed by atoms with Crippen LogP contribution in [0.2, 0.25) is 0 Å². The third-order valence-electron chi connectivity index (χ3n) is 7.16. The van der Waals surface area contributed by atoms with Crippen LogP contribution in [0.4, 0.5) is 0 Å². The molecule has 1 N–H and O–H groups in total. The highest BCUT2D eigenvalue weighted by Crippen LogP contribution is 2.32. The zero-order valence-corrected chi connectivity index (χ0v) is 20.1. The molecule has 1 aromatic carbocycles.